The number of nitriles is 1. The van der Waals surface area contributed by atoms with Gasteiger partial charge in [-0.05, 0) is 55.0 Å². The largest absolute Gasteiger partial charge is 0.493 e. The third-order valence-corrected chi connectivity index (χ3v) is 3.21. The van der Waals surface area contributed by atoms with Crippen LogP contribution in [0.25, 0.3) is 6.08 Å². The smallest absolute Gasteiger partial charge is 0.185 e. The number of carbonyl (C=O) groups excluding carboxylic acids is 1. The van der Waals surface area contributed by atoms with Gasteiger partial charge in [-0.25, -0.2) is 0 Å². The summed E-state index contributed by atoms with van der Waals surface area (Å²) in [5, 5.41) is 8.76. The van der Waals surface area contributed by atoms with E-state index in [2.05, 4.69) is 0 Å². The Kier molecular flexibility index (Phi) is 5.54. The highest BCUT2D eigenvalue weighted by Gasteiger charge is 2.05. The summed E-state index contributed by atoms with van der Waals surface area (Å²) in [4.78, 5) is 12.1. The van der Waals surface area contributed by atoms with E-state index < -0.39 is 0 Å². The molecule has 2 rings (SSSR count). The van der Waals surface area contributed by atoms with Gasteiger partial charge in [-0.3, -0.25) is 4.79 Å². The Morgan fingerprint density at radius 2 is 1.91 bits per heavy atom. The third-order valence-electron chi connectivity index (χ3n) is 3.21. The SMILES string of the molecule is CCOc1cc(C=CC(=O)c2ccc(C#N)cc2)ccc1OC. The van der Waals surface area contributed by atoms with Gasteiger partial charge in [0.1, 0.15) is 0 Å². The van der Waals surface area contributed by atoms with E-state index in [1.807, 2.05) is 25.1 Å². The first kappa shape index (κ1) is 16.3. The molecule has 0 atom stereocenters. The van der Waals surface area contributed by atoms with Gasteiger partial charge in [-0.15, -0.1) is 0 Å². The quantitative estimate of drug-likeness (QED) is 0.600. The molecule has 0 aliphatic heterocycles. The highest BCUT2D eigenvalue weighted by atomic mass is 16.5. The molecule has 0 aromatic heterocycles. The van der Waals surface area contributed by atoms with E-state index in [1.165, 1.54) is 6.08 Å². The lowest BCUT2D eigenvalue weighted by Crippen LogP contribution is -1.96. The van der Waals surface area contributed by atoms with Crippen LogP contribution in [-0.2, 0) is 0 Å². The standard InChI is InChI=1S/C19H17NO3/c1-3-23-19-12-14(7-11-18(19)22-2)6-10-17(21)16-8-4-15(13-20)5-9-16/h4-12H,3H2,1-2H3. The molecule has 0 heterocycles. The number of nitrogens with zero attached hydrogens (tertiary/aromatic N) is 1. The fourth-order valence-corrected chi connectivity index (χ4v) is 2.04. The zero-order chi connectivity index (χ0) is 16.7. The van der Waals surface area contributed by atoms with Gasteiger partial charge in [-0.1, -0.05) is 12.1 Å². The minimum absolute atomic E-state index is 0.122. The van der Waals surface area contributed by atoms with Gasteiger partial charge < -0.3 is 9.47 Å². The summed E-state index contributed by atoms with van der Waals surface area (Å²) >= 11 is 0. The molecule has 23 heavy (non-hydrogen) atoms. The van der Waals surface area contributed by atoms with Gasteiger partial charge in [0.15, 0.2) is 17.3 Å². The Balaban J connectivity index is 2.17. The summed E-state index contributed by atoms with van der Waals surface area (Å²) in [5.41, 5.74) is 1.91. The van der Waals surface area contributed by atoms with E-state index in [4.69, 9.17) is 14.7 Å². The van der Waals surface area contributed by atoms with E-state index >= 15 is 0 Å². The maximum absolute atomic E-state index is 12.1. The normalized spacial score (nSPS) is 10.3. The number of allylic oxidation sites excluding steroid dienone is 1. The van der Waals surface area contributed by atoms with Crippen LogP contribution < -0.4 is 9.47 Å². The third kappa shape index (κ3) is 4.21. The molecule has 0 fully saturated rings. The topological polar surface area (TPSA) is 59.3 Å². The Hall–Kier alpha value is -3.06. The lowest BCUT2D eigenvalue weighted by atomic mass is 10.1. The van der Waals surface area contributed by atoms with Crippen LogP contribution in [0.5, 0.6) is 11.5 Å². The van der Waals surface area contributed by atoms with Crippen molar-refractivity contribution in [2.45, 2.75) is 6.92 Å². The average Bonchev–Trinajstić information content (AvgIpc) is 2.60. The summed E-state index contributed by atoms with van der Waals surface area (Å²) in [6, 6.07) is 14.0. The number of carbonyl (C=O) groups is 1. The molecule has 0 aliphatic carbocycles. The summed E-state index contributed by atoms with van der Waals surface area (Å²) in [6.07, 6.45) is 3.22. The fraction of sp³-hybridized carbons (Fsp3) is 0.158. The Labute approximate surface area is 135 Å². The van der Waals surface area contributed by atoms with Crippen LogP contribution >= 0.6 is 0 Å². The number of rotatable bonds is 6. The molecule has 0 saturated carbocycles. The van der Waals surface area contributed by atoms with Crippen LogP contribution in [-0.4, -0.2) is 19.5 Å². The Morgan fingerprint density at radius 1 is 1.17 bits per heavy atom. The van der Waals surface area contributed by atoms with Crippen molar-refractivity contribution in [2.75, 3.05) is 13.7 Å². The molecule has 0 saturated heterocycles. The van der Waals surface area contributed by atoms with Crippen LogP contribution in [0.3, 0.4) is 0 Å². The molecule has 0 amide bonds. The van der Waals surface area contributed by atoms with Crippen molar-refractivity contribution in [3.63, 3.8) is 0 Å². The van der Waals surface area contributed by atoms with Crippen LogP contribution in [0, 0.1) is 11.3 Å². The van der Waals surface area contributed by atoms with E-state index in [-0.39, 0.29) is 5.78 Å². The zero-order valence-electron chi connectivity index (χ0n) is 13.1. The first-order valence-electron chi connectivity index (χ1n) is 7.21. The second-order valence-electron chi connectivity index (χ2n) is 4.73. The van der Waals surface area contributed by atoms with E-state index in [1.54, 1.807) is 43.5 Å². The van der Waals surface area contributed by atoms with Crippen molar-refractivity contribution >= 4 is 11.9 Å². The minimum Gasteiger partial charge on any atom is -0.493 e. The maximum Gasteiger partial charge on any atom is 0.185 e. The molecule has 0 unspecified atom stereocenters. The predicted octanol–water partition coefficient (Wildman–Crippen LogP) is 3.86. The minimum atomic E-state index is -0.122. The summed E-state index contributed by atoms with van der Waals surface area (Å²) in [7, 11) is 1.59. The second-order valence-corrected chi connectivity index (χ2v) is 4.73. The molecule has 0 N–H and O–H groups in total. The van der Waals surface area contributed by atoms with Crippen LogP contribution in [0.15, 0.2) is 48.5 Å². The number of methoxy groups -OCH3 is 1. The molecule has 2 aromatic carbocycles. The van der Waals surface area contributed by atoms with Gasteiger partial charge in [0, 0.05) is 5.56 Å². The lowest BCUT2D eigenvalue weighted by Gasteiger charge is -2.09. The monoisotopic (exact) mass is 307 g/mol. The highest BCUT2D eigenvalue weighted by molar-refractivity contribution is 6.06. The molecule has 4 nitrogen and oxygen atoms in total. The van der Waals surface area contributed by atoms with Gasteiger partial charge in [0.05, 0.1) is 25.3 Å². The zero-order valence-corrected chi connectivity index (χ0v) is 13.1. The lowest BCUT2D eigenvalue weighted by molar-refractivity contribution is 0.104. The summed E-state index contributed by atoms with van der Waals surface area (Å²) in [5.74, 6) is 1.17. The predicted molar refractivity (Wildman–Crippen MR) is 88.7 cm³/mol. The van der Waals surface area contributed by atoms with Crippen molar-refractivity contribution in [1.29, 1.82) is 5.26 Å². The molecule has 4 heteroatoms. The van der Waals surface area contributed by atoms with Crippen molar-refractivity contribution in [3.05, 3.63) is 65.2 Å². The average molecular weight is 307 g/mol. The molecular weight excluding hydrogens is 290 g/mol. The number of benzene rings is 2. The van der Waals surface area contributed by atoms with Crippen molar-refractivity contribution < 1.29 is 14.3 Å². The van der Waals surface area contributed by atoms with Crippen molar-refractivity contribution in [2.24, 2.45) is 0 Å². The van der Waals surface area contributed by atoms with Gasteiger partial charge >= 0.3 is 0 Å². The summed E-state index contributed by atoms with van der Waals surface area (Å²) in [6.45, 7) is 2.43. The first-order valence-corrected chi connectivity index (χ1v) is 7.21. The number of hydrogen-bond donors (Lipinski definition) is 0. The van der Waals surface area contributed by atoms with Crippen LogP contribution in [0.4, 0.5) is 0 Å². The summed E-state index contributed by atoms with van der Waals surface area (Å²) < 4.78 is 10.7. The molecule has 0 bridgehead atoms. The van der Waals surface area contributed by atoms with Crippen LogP contribution in [0.1, 0.15) is 28.4 Å². The van der Waals surface area contributed by atoms with Crippen molar-refractivity contribution in [3.8, 4) is 17.6 Å². The van der Waals surface area contributed by atoms with Crippen LogP contribution in [0.2, 0.25) is 0 Å². The van der Waals surface area contributed by atoms with Gasteiger partial charge in [0.2, 0.25) is 0 Å². The maximum atomic E-state index is 12.1. The highest BCUT2D eigenvalue weighted by Crippen LogP contribution is 2.28. The van der Waals surface area contributed by atoms with E-state index in [0.717, 1.165) is 5.56 Å². The molecule has 0 spiro atoms. The Bertz CT molecular complexity index is 755. The first-order chi connectivity index (χ1) is 11.2. The number of ketones is 1. The van der Waals surface area contributed by atoms with E-state index in [0.29, 0.717) is 29.2 Å². The molecule has 2 aromatic rings. The second kappa shape index (κ2) is 7.81. The van der Waals surface area contributed by atoms with Gasteiger partial charge in [-0.2, -0.15) is 5.26 Å². The molecule has 116 valence electrons. The van der Waals surface area contributed by atoms with Crippen molar-refractivity contribution in [1.82, 2.24) is 0 Å². The Morgan fingerprint density at radius 3 is 2.52 bits per heavy atom. The number of ether oxygens (including phenoxy) is 2. The number of hydrogen-bond acceptors (Lipinski definition) is 4. The van der Waals surface area contributed by atoms with Gasteiger partial charge in [0.25, 0.3) is 0 Å². The van der Waals surface area contributed by atoms with E-state index in [9.17, 15) is 4.79 Å². The molecule has 0 aliphatic rings. The fourth-order valence-electron chi connectivity index (χ4n) is 2.04. The molecule has 0 radical (unpaired) electrons. The molecular formula is C19H17NO3.